The third-order valence-corrected chi connectivity index (χ3v) is 5.20. The van der Waals surface area contributed by atoms with Gasteiger partial charge in [0.05, 0.1) is 24.8 Å². The number of rotatable bonds is 8. The summed E-state index contributed by atoms with van der Waals surface area (Å²) in [5, 5.41) is 2.90. The Labute approximate surface area is 176 Å². The van der Waals surface area contributed by atoms with Crippen LogP contribution in [0.1, 0.15) is 5.56 Å². The number of ether oxygens (including phenoxy) is 1. The molecule has 0 radical (unpaired) electrons. The fourth-order valence-corrected chi connectivity index (χ4v) is 3.58. The van der Waals surface area contributed by atoms with Crippen LogP contribution in [0.4, 0.5) is 13.2 Å². The van der Waals surface area contributed by atoms with E-state index in [2.05, 4.69) is 10.3 Å². The number of hydrogen-bond donors (Lipinski definition) is 1. The van der Waals surface area contributed by atoms with Crippen molar-refractivity contribution < 1.29 is 22.7 Å². The van der Waals surface area contributed by atoms with Gasteiger partial charge in [-0.05, 0) is 23.3 Å². The van der Waals surface area contributed by atoms with Gasteiger partial charge in [-0.2, -0.15) is 13.2 Å². The zero-order valence-electron chi connectivity index (χ0n) is 16.1. The van der Waals surface area contributed by atoms with E-state index < -0.39 is 12.7 Å². The number of carbonyl (C=O) groups is 1. The summed E-state index contributed by atoms with van der Waals surface area (Å²) < 4.78 is 45.5. The first-order valence-electron chi connectivity index (χ1n) is 9.06. The van der Waals surface area contributed by atoms with Crippen LogP contribution in [-0.4, -0.2) is 34.5 Å². The molecule has 3 aromatic rings. The molecule has 0 fully saturated rings. The summed E-state index contributed by atoms with van der Waals surface area (Å²) in [7, 11) is 1.57. The third kappa shape index (κ3) is 6.03. The van der Waals surface area contributed by atoms with Gasteiger partial charge in [0.2, 0.25) is 5.91 Å². The van der Waals surface area contributed by atoms with Gasteiger partial charge in [0.15, 0.2) is 5.16 Å². The van der Waals surface area contributed by atoms with Crippen LogP contribution < -0.4 is 10.1 Å². The van der Waals surface area contributed by atoms with Crippen LogP contribution in [-0.2, 0) is 17.9 Å². The smallest absolute Gasteiger partial charge is 0.406 e. The molecule has 0 unspecified atom stereocenters. The predicted molar refractivity (Wildman–Crippen MR) is 109 cm³/mol. The Morgan fingerprint density at radius 3 is 2.47 bits per heavy atom. The maximum atomic E-state index is 13.1. The minimum Gasteiger partial charge on any atom is -0.497 e. The lowest BCUT2D eigenvalue weighted by atomic mass is 10.2. The van der Waals surface area contributed by atoms with E-state index in [1.54, 1.807) is 49.6 Å². The van der Waals surface area contributed by atoms with Crippen LogP contribution >= 0.6 is 11.8 Å². The molecule has 1 heterocycles. The molecule has 0 saturated heterocycles. The molecule has 0 aliphatic rings. The number of hydrogen-bond acceptors (Lipinski definition) is 4. The molecule has 30 heavy (non-hydrogen) atoms. The molecule has 0 bridgehead atoms. The van der Waals surface area contributed by atoms with Crippen molar-refractivity contribution in [2.45, 2.75) is 24.4 Å². The van der Waals surface area contributed by atoms with Gasteiger partial charge in [-0.25, -0.2) is 4.98 Å². The molecule has 9 heteroatoms. The van der Waals surface area contributed by atoms with E-state index in [-0.39, 0.29) is 16.8 Å². The first-order valence-corrected chi connectivity index (χ1v) is 10.0. The molecular formula is C21H20F3N3O2S. The lowest BCUT2D eigenvalue weighted by Gasteiger charge is -2.14. The number of methoxy groups -OCH3 is 1. The molecule has 1 aromatic heterocycles. The van der Waals surface area contributed by atoms with Crippen molar-refractivity contribution in [3.8, 4) is 17.0 Å². The normalized spacial score (nSPS) is 11.3. The predicted octanol–water partition coefficient (Wildman–Crippen LogP) is 4.53. The second-order valence-electron chi connectivity index (χ2n) is 6.41. The van der Waals surface area contributed by atoms with Crippen molar-refractivity contribution in [3.63, 3.8) is 0 Å². The van der Waals surface area contributed by atoms with E-state index in [0.717, 1.165) is 21.9 Å². The Balaban J connectivity index is 1.65. The number of carbonyl (C=O) groups excluding carboxylic acids is 1. The highest BCUT2D eigenvalue weighted by Gasteiger charge is 2.31. The highest BCUT2D eigenvalue weighted by Crippen LogP contribution is 2.29. The van der Waals surface area contributed by atoms with Gasteiger partial charge in [0.1, 0.15) is 12.3 Å². The Morgan fingerprint density at radius 2 is 1.83 bits per heavy atom. The van der Waals surface area contributed by atoms with Crippen LogP contribution in [0.3, 0.4) is 0 Å². The van der Waals surface area contributed by atoms with Crippen LogP contribution in [0, 0.1) is 0 Å². The highest BCUT2D eigenvalue weighted by molar-refractivity contribution is 7.99. The van der Waals surface area contributed by atoms with Crippen molar-refractivity contribution in [2.75, 3.05) is 12.9 Å². The van der Waals surface area contributed by atoms with Crippen molar-refractivity contribution in [2.24, 2.45) is 0 Å². The van der Waals surface area contributed by atoms with Gasteiger partial charge in [0, 0.05) is 6.54 Å². The van der Waals surface area contributed by atoms with E-state index in [0.29, 0.717) is 23.6 Å². The first-order chi connectivity index (χ1) is 14.4. The minimum absolute atomic E-state index is 0.0424. The topological polar surface area (TPSA) is 56.1 Å². The fourth-order valence-electron chi connectivity index (χ4n) is 2.77. The summed E-state index contributed by atoms with van der Waals surface area (Å²) in [4.78, 5) is 16.3. The van der Waals surface area contributed by atoms with E-state index in [1.165, 1.54) is 6.20 Å². The van der Waals surface area contributed by atoms with Gasteiger partial charge in [-0.3, -0.25) is 4.79 Å². The van der Waals surface area contributed by atoms with Crippen LogP contribution in [0.25, 0.3) is 11.3 Å². The van der Waals surface area contributed by atoms with Gasteiger partial charge in [-0.1, -0.05) is 54.2 Å². The summed E-state index contributed by atoms with van der Waals surface area (Å²) in [6, 6.07) is 16.0. The second kappa shape index (κ2) is 9.71. The summed E-state index contributed by atoms with van der Waals surface area (Å²) in [6.07, 6.45) is -3.01. The molecule has 0 aliphatic carbocycles. The van der Waals surface area contributed by atoms with E-state index >= 15 is 0 Å². The van der Waals surface area contributed by atoms with E-state index in [9.17, 15) is 18.0 Å². The molecule has 5 nitrogen and oxygen atoms in total. The molecule has 3 rings (SSSR count). The molecule has 1 amide bonds. The number of imidazole rings is 1. The number of alkyl halides is 3. The van der Waals surface area contributed by atoms with Gasteiger partial charge in [-0.15, -0.1) is 0 Å². The molecule has 0 atom stereocenters. The number of nitrogens with one attached hydrogen (secondary N) is 1. The SMILES string of the molecule is COc1ccc(CNC(=O)CSc2ncc(-c3ccccc3)n2CC(F)(F)F)cc1. The Bertz CT molecular complexity index is 973. The molecule has 2 aromatic carbocycles. The standard InChI is InChI=1S/C21H20F3N3O2S/c1-29-17-9-7-15(8-10-17)11-25-19(28)13-30-20-26-12-18(16-5-3-2-4-6-16)27(20)14-21(22,23)24/h2-10,12H,11,13-14H2,1H3,(H,25,28). The Hall–Kier alpha value is -2.94. The summed E-state index contributed by atoms with van der Waals surface area (Å²) in [5.41, 5.74) is 1.87. The number of amides is 1. The van der Waals surface area contributed by atoms with Gasteiger partial charge in [0.25, 0.3) is 0 Å². The zero-order valence-corrected chi connectivity index (χ0v) is 17.0. The lowest BCUT2D eigenvalue weighted by Crippen LogP contribution is -2.25. The number of thioether (sulfide) groups is 1. The number of nitrogens with zero attached hydrogens (tertiary/aromatic N) is 2. The molecule has 0 aliphatic heterocycles. The van der Waals surface area contributed by atoms with E-state index in [1.807, 2.05) is 12.1 Å². The quantitative estimate of drug-likeness (QED) is 0.529. The van der Waals surface area contributed by atoms with Crippen molar-refractivity contribution in [1.82, 2.24) is 14.9 Å². The number of benzene rings is 2. The van der Waals surface area contributed by atoms with Crippen molar-refractivity contribution in [1.29, 1.82) is 0 Å². The highest BCUT2D eigenvalue weighted by atomic mass is 32.2. The van der Waals surface area contributed by atoms with Crippen LogP contribution in [0.15, 0.2) is 66.0 Å². The maximum Gasteiger partial charge on any atom is 0.406 e. The van der Waals surface area contributed by atoms with Gasteiger partial charge < -0.3 is 14.6 Å². The van der Waals surface area contributed by atoms with Crippen LogP contribution in [0.2, 0.25) is 0 Å². The average Bonchev–Trinajstić information content (AvgIpc) is 3.12. The number of aromatic nitrogens is 2. The Kier molecular flexibility index (Phi) is 7.04. The zero-order chi connectivity index (χ0) is 21.6. The van der Waals surface area contributed by atoms with Crippen LogP contribution in [0.5, 0.6) is 5.75 Å². The molecule has 158 valence electrons. The number of halogens is 3. The monoisotopic (exact) mass is 435 g/mol. The van der Waals surface area contributed by atoms with Crippen molar-refractivity contribution >= 4 is 17.7 Å². The second-order valence-corrected chi connectivity index (χ2v) is 7.35. The third-order valence-electron chi connectivity index (χ3n) is 4.21. The largest absolute Gasteiger partial charge is 0.497 e. The molecular weight excluding hydrogens is 415 g/mol. The van der Waals surface area contributed by atoms with Crippen molar-refractivity contribution in [3.05, 3.63) is 66.4 Å². The average molecular weight is 435 g/mol. The molecule has 0 saturated carbocycles. The van der Waals surface area contributed by atoms with Gasteiger partial charge >= 0.3 is 6.18 Å². The van der Waals surface area contributed by atoms with E-state index in [4.69, 9.17) is 4.74 Å². The minimum atomic E-state index is -4.41. The summed E-state index contributed by atoms with van der Waals surface area (Å²) in [6.45, 7) is -0.858. The fraction of sp³-hybridized carbons (Fsp3) is 0.238. The Morgan fingerprint density at radius 1 is 1.13 bits per heavy atom. The first kappa shape index (κ1) is 21.8. The summed E-state index contributed by atoms with van der Waals surface area (Å²) in [5.74, 6) is 0.379. The molecule has 1 N–H and O–H groups in total. The molecule has 0 spiro atoms. The summed E-state index contributed by atoms with van der Waals surface area (Å²) >= 11 is 0.972. The maximum absolute atomic E-state index is 13.1. The lowest BCUT2D eigenvalue weighted by molar-refractivity contribution is -0.141.